The van der Waals surface area contributed by atoms with E-state index in [1.807, 2.05) is 6.92 Å². The molecule has 2 N–H and O–H groups in total. The van der Waals surface area contributed by atoms with Crippen molar-refractivity contribution in [3.05, 3.63) is 47.3 Å². The van der Waals surface area contributed by atoms with Crippen LogP contribution in [0, 0.1) is 6.92 Å². The number of anilines is 2. The Kier molecular flexibility index (Phi) is 4.41. The molecule has 124 valence electrons. The summed E-state index contributed by atoms with van der Waals surface area (Å²) in [6.07, 6.45) is 2.19. The number of benzene rings is 1. The number of ether oxygens (including phenoxy) is 1. The van der Waals surface area contributed by atoms with Gasteiger partial charge in [0, 0.05) is 17.4 Å². The molecule has 1 aliphatic rings. The Hall–Kier alpha value is -2.96. The van der Waals surface area contributed by atoms with E-state index < -0.39 is 5.97 Å². The molecule has 1 aromatic carbocycles. The highest BCUT2D eigenvalue weighted by atomic mass is 16.5. The van der Waals surface area contributed by atoms with Crippen LogP contribution in [-0.2, 0) is 4.74 Å². The molecule has 0 unspecified atom stereocenters. The summed E-state index contributed by atoms with van der Waals surface area (Å²) in [5.41, 5.74) is 1.84. The molecule has 0 atom stereocenters. The predicted molar refractivity (Wildman–Crippen MR) is 89.1 cm³/mol. The zero-order chi connectivity index (χ0) is 17.1. The first-order valence-electron chi connectivity index (χ1n) is 7.67. The van der Waals surface area contributed by atoms with E-state index in [-0.39, 0.29) is 11.6 Å². The fraction of sp³-hybridized carbons (Fsp3) is 0.294. The Balaban J connectivity index is 1.77. The van der Waals surface area contributed by atoms with Crippen LogP contribution >= 0.6 is 0 Å². The highest BCUT2D eigenvalue weighted by Gasteiger charge is 2.22. The number of hydrogen-bond acceptors (Lipinski definition) is 6. The molecule has 1 fully saturated rings. The van der Waals surface area contributed by atoms with Gasteiger partial charge in [-0.15, -0.1) is 0 Å². The van der Waals surface area contributed by atoms with Crippen LogP contribution in [0.3, 0.4) is 0 Å². The first-order chi connectivity index (χ1) is 11.5. The SMILES string of the molecule is COC(=O)c1cccc(NC(=O)c2cc(C)nc(NC3CC3)n2)c1. The smallest absolute Gasteiger partial charge is 0.337 e. The van der Waals surface area contributed by atoms with Gasteiger partial charge in [-0.1, -0.05) is 6.07 Å². The molecular formula is C17H18N4O3. The molecular weight excluding hydrogens is 308 g/mol. The van der Waals surface area contributed by atoms with Crippen LogP contribution in [0.1, 0.15) is 39.4 Å². The van der Waals surface area contributed by atoms with E-state index in [1.54, 1.807) is 30.3 Å². The normalized spacial score (nSPS) is 13.2. The van der Waals surface area contributed by atoms with Crippen LogP contribution in [0.15, 0.2) is 30.3 Å². The maximum Gasteiger partial charge on any atom is 0.337 e. The molecule has 1 aliphatic carbocycles. The summed E-state index contributed by atoms with van der Waals surface area (Å²) >= 11 is 0. The topological polar surface area (TPSA) is 93.2 Å². The fourth-order valence-corrected chi connectivity index (χ4v) is 2.20. The highest BCUT2D eigenvalue weighted by Crippen LogP contribution is 2.23. The van der Waals surface area contributed by atoms with E-state index in [0.717, 1.165) is 12.8 Å². The van der Waals surface area contributed by atoms with Gasteiger partial charge in [0.2, 0.25) is 5.95 Å². The third-order valence-corrected chi connectivity index (χ3v) is 3.54. The molecule has 0 bridgehead atoms. The van der Waals surface area contributed by atoms with Crippen molar-refractivity contribution in [1.29, 1.82) is 0 Å². The molecule has 0 radical (unpaired) electrons. The minimum atomic E-state index is -0.458. The van der Waals surface area contributed by atoms with Gasteiger partial charge in [-0.2, -0.15) is 0 Å². The summed E-state index contributed by atoms with van der Waals surface area (Å²) in [5.74, 6) is -0.354. The number of nitrogens with one attached hydrogen (secondary N) is 2. The largest absolute Gasteiger partial charge is 0.465 e. The molecule has 1 aromatic heterocycles. The van der Waals surface area contributed by atoms with Gasteiger partial charge >= 0.3 is 5.97 Å². The van der Waals surface area contributed by atoms with Gasteiger partial charge in [-0.3, -0.25) is 4.79 Å². The van der Waals surface area contributed by atoms with E-state index in [4.69, 9.17) is 0 Å². The lowest BCUT2D eigenvalue weighted by Crippen LogP contribution is -2.17. The van der Waals surface area contributed by atoms with Crippen LogP contribution in [0.2, 0.25) is 0 Å². The van der Waals surface area contributed by atoms with Crippen molar-refractivity contribution >= 4 is 23.5 Å². The van der Waals surface area contributed by atoms with Gasteiger partial charge in [0.15, 0.2) is 0 Å². The second-order valence-corrected chi connectivity index (χ2v) is 5.66. The lowest BCUT2D eigenvalue weighted by atomic mass is 10.2. The number of amides is 1. The number of carbonyl (C=O) groups is 2. The lowest BCUT2D eigenvalue weighted by molar-refractivity contribution is 0.0600. The Labute approximate surface area is 139 Å². The standard InChI is InChI=1S/C17H18N4O3/c1-10-8-14(21-17(18-10)20-12-6-7-12)15(22)19-13-5-3-4-11(9-13)16(23)24-2/h3-5,8-9,12H,6-7H2,1-2H3,(H,19,22)(H,18,20,21). The van der Waals surface area contributed by atoms with E-state index >= 15 is 0 Å². The average Bonchev–Trinajstić information content (AvgIpc) is 3.37. The number of rotatable bonds is 5. The first-order valence-corrected chi connectivity index (χ1v) is 7.67. The number of nitrogens with zero attached hydrogens (tertiary/aromatic N) is 2. The summed E-state index contributed by atoms with van der Waals surface area (Å²) in [5, 5.41) is 5.92. The number of methoxy groups -OCH3 is 1. The minimum Gasteiger partial charge on any atom is -0.465 e. The maximum absolute atomic E-state index is 12.4. The van der Waals surface area contributed by atoms with Crippen molar-refractivity contribution in [2.24, 2.45) is 0 Å². The predicted octanol–water partition coefficient (Wildman–Crippen LogP) is 2.40. The fourth-order valence-electron chi connectivity index (χ4n) is 2.20. The van der Waals surface area contributed by atoms with E-state index in [9.17, 15) is 9.59 Å². The van der Waals surface area contributed by atoms with Crippen molar-refractivity contribution in [3.8, 4) is 0 Å². The average molecular weight is 326 g/mol. The molecule has 3 rings (SSSR count). The van der Waals surface area contributed by atoms with E-state index in [2.05, 4.69) is 25.3 Å². The summed E-state index contributed by atoms with van der Waals surface area (Å²) < 4.78 is 4.67. The second-order valence-electron chi connectivity index (χ2n) is 5.66. The Bertz CT molecular complexity index is 787. The highest BCUT2D eigenvalue weighted by molar-refractivity contribution is 6.03. The summed E-state index contributed by atoms with van der Waals surface area (Å²) in [6.45, 7) is 1.81. The lowest BCUT2D eigenvalue weighted by Gasteiger charge is -2.09. The zero-order valence-electron chi connectivity index (χ0n) is 13.5. The number of aryl methyl sites for hydroxylation is 1. The van der Waals surface area contributed by atoms with Crippen LogP contribution in [-0.4, -0.2) is 35.0 Å². The Morgan fingerprint density at radius 2 is 2.00 bits per heavy atom. The van der Waals surface area contributed by atoms with E-state index in [0.29, 0.717) is 28.9 Å². The van der Waals surface area contributed by atoms with Crippen molar-refractivity contribution in [2.75, 3.05) is 17.7 Å². The molecule has 0 spiro atoms. The van der Waals surface area contributed by atoms with Gasteiger partial charge < -0.3 is 15.4 Å². The molecule has 24 heavy (non-hydrogen) atoms. The van der Waals surface area contributed by atoms with Crippen molar-refractivity contribution < 1.29 is 14.3 Å². The van der Waals surface area contributed by atoms with Crippen LogP contribution in [0.4, 0.5) is 11.6 Å². The van der Waals surface area contributed by atoms with Crippen molar-refractivity contribution in [2.45, 2.75) is 25.8 Å². The number of esters is 1. The third kappa shape index (κ3) is 3.87. The summed E-state index contributed by atoms with van der Waals surface area (Å²) in [6, 6.07) is 8.57. The van der Waals surface area contributed by atoms with Gasteiger partial charge in [0.1, 0.15) is 5.69 Å². The molecule has 2 aromatic rings. The minimum absolute atomic E-state index is 0.272. The van der Waals surface area contributed by atoms with Gasteiger partial charge in [-0.05, 0) is 44.0 Å². The molecule has 1 amide bonds. The Morgan fingerprint density at radius 3 is 2.71 bits per heavy atom. The third-order valence-electron chi connectivity index (χ3n) is 3.54. The molecule has 0 saturated heterocycles. The maximum atomic E-state index is 12.4. The molecule has 1 heterocycles. The number of carbonyl (C=O) groups excluding carboxylic acids is 2. The van der Waals surface area contributed by atoms with Crippen LogP contribution in [0.5, 0.6) is 0 Å². The van der Waals surface area contributed by atoms with Crippen molar-refractivity contribution in [3.63, 3.8) is 0 Å². The van der Waals surface area contributed by atoms with E-state index in [1.165, 1.54) is 7.11 Å². The number of aromatic nitrogens is 2. The van der Waals surface area contributed by atoms with Gasteiger partial charge in [-0.25, -0.2) is 14.8 Å². The van der Waals surface area contributed by atoms with Crippen LogP contribution in [0.25, 0.3) is 0 Å². The Morgan fingerprint density at radius 1 is 1.21 bits per heavy atom. The monoisotopic (exact) mass is 326 g/mol. The first kappa shape index (κ1) is 15.9. The van der Waals surface area contributed by atoms with Gasteiger partial charge in [0.25, 0.3) is 5.91 Å². The summed E-state index contributed by atoms with van der Waals surface area (Å²) in [7, 11) is 1.31. The second kappa shape index (κ2) is 6.66. The van der Waals surface area contributed by atoms with Gasteiger partial charge in [0.05, 0.1) is 12.7 Å². The quantitative estimate of drug-likeness (QED) is 0.820. The molecule has 7 heteroatoms. The molecule has 7 nitrogen and oxygen atoms in total. The zero-order valence-corrected chi connectivity index (χ0v) is 13.5. The summed E-state index contributed by atoms with van der Waals surface area (Å²) in [4.78, 5) is 32.5. The molecule has 0 aliphatic heterocycles. The van der Waals surface area contributed by atoms with Crippen molar-refractivity contribution in [1.82, 2.24) is 9.97 Å². The van der Waals surface area contributed by atoms with Crippen LogP contribution < -0.4 is 10.6 Å². The number of hydrogen-bond donors (Lipinski definition) is 2. The molecule has 1 saturated carbocycles.